The largest absolute Gasteiger partial charge is 0.485 e. The van der Waals surface area contributed by atoms with Crippen LogP contribution in [0.4, 0.5) is 0 Å². The third-order valence-corrected chi connectivity index (χ3v) is 3.12. The van der Waals surface area contributed by atoms with Gasteiger partial charge in [-0.15, -0.1) is 10.2 Å². The first-order valence-corrected chi connectivity index (χ1v) is 6.90. The fraction of sp³-hybridized carbons (Fsp3) is 0.0625. The van der Waals surface area contributed by atoms with Crippen LogP contribution >= 0.6 is 11.6 Å². The molecule has 22 heavy (non-hydrogen) atoms. The van der Waals surface area contributed by atoms with Crippen molar-refractivity contribution in [3.63, 3.8) is 0 Å². The summed E-state index contributed by atoms with van der Waals surface area (Å²) < 4.78 is 10.7. The number of carbonyl (C=O) groups excluding carboxylic acids is 1. The topological polar surface area (TPSA) is 65.2 Å². The number of halogens is 1. The highest BCUT2D eigenvalue weighted by molar-refractivity contribution is 6.30. The zero-order valence-corrected chi connectivity index (χ0v) is 12.2. The Balaban J connectivity index is 1.68. The van der Waals surface area contributed by atoms with E-state index in [0.717, 1.165) is 0 Å². The Labute approximate surface area is 131 Å². The van der Waals surface area contributed by atoms with Gasteiger partial charge in [0.15, 0.2) is 6.61 Å². The highest BCUT2D eigenvalue weighted by Crippen LogP contribution is 2.20. The molecular formula is C16H11ClN2O3. The molecule has 0 saturated carbocycles. The van der Waals surface area contributed by atoms with Crippen molar-refractivity contribution in [1.82, 2.24) is 10.2 Å². The molecule has 0 aliphatic rings. The highest BCUT2D eigenvalue weighted by Gasteiger charge is 2.16. The third-order valence-electron chi connectivity index (χ3n) is 2.87. The summed E-state index contributed by atoms with van der Waals surface area (Å²) in [4.78, 5) is 12.0. The van der Waals surface area contributed by atoms with Gasteiger partial charge in [0.2, 0.25) is 5.89 Å². The lowest BCUT2D eigenvalue weighted by Crippen LogP contribution is -2.11. The van der Waals surface area contributed by atoms with Gasteiger partial charge >= 0.3 is 0 Å². The summed E-state index contributed by atoms with van der Waals surface area (Å²) in [6.45, 7) is -0.160. The summed E-state index contributed by atoms with van der Waals surface area (Å²) in [6, 6.07) is 15.9. The number of Topliss-reactive ketones (excluding diaryl/α,β-unsaturated/α-hetero) is 1. The Hall–Kier alpha value is -2.66. The summed E-state index contributed by atoms with van der Waals surface area (Å²) in [7, 11) is 0. The molecule has 1 aromatic heterocycles. The zero-order valence-electron chi connectivity index (χ0n) is 11.4. The summed E-state index contributed by atoms with van der Waals surface area (Å²) in [5, 5.41) is 8.21. The smallest absolute Gasteiger partial charge is 0.288 e. The maximum atomic E-state index is 12.0. The molecule has 0 fully saturated rings. The first-order chi connectivity index (χ1) is 10.7. The van der Waals surface area contributed by atoms with Gasteiger partial charge in [-0.1, -0.05) is 29.8 Å². The second-order valence-electron chi connectivity index (χ2n) is 4.44. The number of ketones is 1. The minimum atomic E-state index is -0.378. The van der Waals surface area contributed by atoms with Gasteiger partial charge in [-0.2, -0.15) is 0 Å². The van der Waals surface area contributed by atoms with Gasteiger partial charge in [0, 0.05) is 10.6 Å². The molecule has 0 aliphatic carbocycles. The number of hydrogen-bond donors (Lipinski definition) is 0. The summed E-state index contributed by atoms with van der Waals surface area (Å²) >= 11 is 5.82. The van der Waals surface area contributed by atoms with Gasteiger partial charge in [0.25, 0.3) is 11.7 Å². The standard InChI is InChI=1S/C16H11ClN2O3/c17-12-8-6-11(7-9-12)15-18-19-16(22-15)14(20)10-21-13-4-2-1-3-5-13/h1-9H,10H2. The number of aromatic nitrogens is 2. The number of carbonyl (C=O) groups is 1. The van der Waals surface area contributed by atoms with Crippen LogP contribution in [0.25, 0.3) is 11.5 Å². The van der Waals surface area contributed by atoms with Crippen LogP contribution in [0.3, 0.4) is 0 Å². The SMILES string of the molecule is O=C(COc1ccccc1)c1nnc(-c2ccc(Cl)cc2)o1. The molecule has 3 rings (SSSR count). The zero-order chi connectivity index (χ0) is 15.4. The second kappa shape index (κ2) is 6.41. The minimum Gasteiger partial charge on any atom is -0.485 e. The third kappa shape index (κ3) is 3.32. The van der Waals surface area contributed by atoms with E-state index in [1.54, 1.807) is 36.4 Å². The predicted molar refractivity (Wildman–Crippen MR) is 81.0 cm³/mol. The van der Waals surface area contributed by atoms with Crippen molar-refractivity contribution in [2.45, 2.75) is 0 Å². The Morgan fingerprint density at radius 1 is 1.05 bits per heavy atom. The molecule has 2 aromatic carbocycles. The average Bonchev–Trinajstić information content (AvgIpc) is 3.04. The quantitative estimate of drug-likeness (QED) is 0.672. The lowest BCUT2D eigenvalue weighted by Gasteiger charge is -2.02. The van der Waals surface area contributed by atoms with Crippen molar-refractivity contribution >= 4 is 17.4 Å². The van der Waals surface area contributed by atoms with E-state index in [1.165, 1.54) is 0 Å². The normalized spacial score (nSPS) is 10.4. The van der Waals surface area contributed by atoms with Gasteiger partial charge < -0.3 is 9.15 Å². The van der Waals surface area contributed by atoms with Crippen molar-refractivity contribution < 1.29 is 13.9 Å². The maximum Gasteiger partial charge on any atom is 0.288 e. The van der Waals surface area contributed by atoms with E-state index >= 15 is 0 Å². The molecule has 3 aromatic rings. The van der Waals surface area contributed by atoms with Crippen LogP contribution in [0.2, 0.25) is 5.02 Å². The van der Waals surface area contributed by atoms with Crippen LogP contribution in [0.5, 0.6) is 5.75 Å². The Kier molecular flexibility index (Phi) is 4.16. The van der Waals surface area contributed by atoms with E-state index in [0.29, 0.717) is 16.3 Å². The number of ether oxygens (including phenoxy) is 1. The summed E-state index contributed by atoms with van der Waals surface area (Å²) in [5.41, 5.74) is 0.694. The van der Waals surface area contributed by atoms with E-state index in [4.69, 9.17) is 20.8 Å². The fourth-order valence-electron chi connectivity index (χ4n) is 1.77. The number of para-hydroxylation sites is 1. The van der Waals surface area contributed by atoms with Gasteiger partial charge in [-0.3, -0.25) is 4.79 Å². The Bertz CT molecular complexity index is 770. The van der Waals surface area contributed by atoms with Gasteiger partial charge in [-0.25, -0.2) is 0 Å². The first kappa shape index (κ1) is 14.3. The van der Waals surface area contributed by atoms with Crippen LogP contribution in [0, 0.1) is 0 Å². The van der Waals surface area contributed by atoms with Gasteiger partial charge in [-0.05, 0) is 36.4 Å². The molecule has 0 amide bonds. The Morgan fingerprint density at radius 2 is 1.77 bits per heavy atom. The van der Waals surface area contributed by atoms with Gasteiger partial charge in [0.1, 0.15) is 5.75 Å². The van der Waals surface area contributed by atoms with Crippen molar-refractivity contribution in [2.24, 2.45) is 0 Å². The lowest BCUT2D eigenvalue weighted by molar-refractivity contribution is 0.0887. The van der Waals surface area contributed by atoms with E-state index in [-0.39, 0.29) is 24.2 Å². The molecule has 0 saturated heterocycles. The molecule has 0 N–H and O–H groups in total. The highest BCUT2D eigenvalue weighted by atomic mass is 35.5. The van der Waals surface area contributed by atoms with E-state index in [2.05, 4.69) is 10.2 Å². The molecule has 5 nitrogen and oxygen atoms in total. The number of rotatable bonds is 5. The number of nitrogens with zero attached hydrogens (tertiary/aromatic N) is 2. The molecule has 0 atom stereocenters. The van der Waals surface area contributed by atoms with Gasteiger partial charge in [0.05, 0.1) is 0 Å². The van der Waals surface area contributed by atoms with Crippen molar-refractivity contribution in [2.75, 3.05) is 6.61 Å². The molecular weight excluding hydrogens is 304 g/mol. The van der Waals surface area contributed by atoms with Crippen molar-refractivity contribution in [1.29, 1.82) is 0 Å². The molecule has 110 valence electrons. The molecule has 0 bridgehead atoms. The van der Waals surface area contributed by atoms with Crippen LogP contribution < -0.4 is 4.74 Å². The van der Waals surface area contributed by atoms with Crippen molar-refractivity contribution in [3.05, 3.63) is 65.5 Å². The summed E-state index contributed by atoms with van der Waals surface area (Å²) in [6.07, 6.45) is 0. The first-order valence-electron chi connectivity index (χ1n) is 6.53. The Morgan fingerprint density at radius 3 is 2.50 bits per heavy atom. The molecule has 0 spiro atoms. The fourth-order valence-corrected chi connectivity index (χ4v) is 1.90. The van der Waals surface area contributed by atoms with Crippen LogP contribution in [-0.4, -0.2) is 22.6 Å². The van der Waals surface area contributed by atoms with E-state index < -0.39 is 0 Å². The maximum absolute atomic E-state index is 12.0. The van der Waals surface area contributed by atoms with Crippen molar-refractivity contribution in [3.8, 4) is 17.2 Å². The van der Waals surface area contributed by atoms with Crippen LogP contribution in [0.15, 0.2) is 59.0 Å². The number of benzene rings is 2. The molecule has 0 radical (unpaired) electrons. The van der Waals surface area contributed by atoms with E-state index in [9.17, 15) is 4.79 Å². The molecule has 6 heteroatoms. The monoisotopic (exact) mass is 314 g/mol. The molecule has 1 heterocycles. The lowest BCUT2D eigenvalue weighted by atomic mass is 10.2. The molecule has 0 aliphatic heterocycles. The van der Waals surface area contributed by atoms with E-state index in [1.807, 2.05) is 18.2 Å². The van der Waals surface area contributed by atoms with Crippen LogP contribution in [0.1, 0.15) is 10.7 Å². The second-order valence-corrected chi connectivity index (χ2v) is 4.88. The van der Waals surface area contributed by atoms with Crippen LogP contribution in [-0.2, 0) is 0 Å². The number of hydrogen-bond acceptors (Lipinski definition) is 5. The predicted octanol–water partition coefficient (Wildman–Crippen LogP) is 3.65. The average molecular weight is 315 g/mol. The summed E-state index contributed by atoms with van der Waals surface area (Å²) in [5.74, 6) is 0.408. The minimum absolute atomic E-state index is 0.0825. The molecule has 0 unspecified atom stereocenters.